The maximum Gasteiger partial charge on any atom is 0.347 e. The molecule has 1 aromatic rings. The number of nitro benzene ring substituents is 1. The maximum atomic E-state index is 12.5. The number of nitro groups is 1. The predicted octanol–water partition coefficient (Wildman–Crippen LogP) is 1.32. The molecule has 9 nitrogen and oxygen atoms in total. The molecule has 1 fully saturated rings. The van der Waals surface area contributed by atoms with Crippen LogP contribution in [0.1, 0.15) is 20.3 Å². The lowest BCUT2D eigenvalue weighted by molar-refractivity contribution is -0.386. The lowest BCUT2D eigenvalue weighted by Gasteiger charge is -2.18. The van der Waals surface area contributed by atoms with Crippen LogP contribution in [0.5, 0.6) is 5.75 Å². The molecule has 1 aromatic carbocycles. The number of carbonyl (C=O) groups excluding carboxylic acids is 1. The van der Waals surface area contributed by atoms with Crippen LogP contribution in [-0.2, 0) is 19.6 Å². The molecule has 0 spiro atoms. The summed E-state index contributed by atoms with van der Waals surface area (Å²) in [5.74, 6) is -0.758. The highest BCUT2D eigenvalue weighted by Crippen LogP contribution is 2.32. The van der Waals surface area contributed by atoms with E-state index in [0.29, 0.717) is 0 Å². The van der Waals surface area contributed by atoms with Gasteiger partial charge in [0.25, 0.3) is 0 Å². The third kappa shape index (κ3) is 3.49. The second kappa shape index (κ2) is 7.14. The van der Waals surface area contributed by atoms with Crippen LogP contribution in [0.2, 0.25) is 0 Å². The Morgan fingerprint density at radius 1 is 1.38 bits per heavy atom. The van der Waals surface area contributed by atoms with E-state index in [1.54, 1.807) is 13.8 Å². The fraction of sp³-hybridized carbons (Fsp3) is 0.500. The SMILES string of the molecule is CCN(CC)S(=O)(=O)c1ccc(OC2CCOC2=O)c([N+](=O)[O-])c1. The van der Waals surface area contributed by atoms with Crippen LogP contribution in [0.15, 0.2) is 23.1 Å². The van der Waals surface area contributed by atoms with Crippen molar-refractivity contribution in [1.82, 2.24) is 4.31 Å². The van der Waals surface area contributed by atoms with Crippen molar-refractivity contribution in [2.75, 3.05) is 19.7 Å². The molecule has 0 amide bonds. The third-order valence-electron chi connectivity index (χ3n) is 3.63. The molecule has 1 aliphatic heterocycles. The average Bonchev–Trinajstić information content (AvgIpc) is 2.93. The van der Waals surface area contributed by atoms with Crippen molar-refractivity contribution in [3.05, 3.63) is 28.3 Å². The highest BCUT2D eigenvalue weighted by atomic mass is 32.2. The normalized spacial score (nSPS) is 17.8. The number of nitrogens with zero attached hydrogens (tertiary/aromatic N) is 2. The number of carbonyl (C=O) groups is 1. The molecule has 0 aromatic heterocycles. The molecule has 24 heavy (non-hydrogen) atoms. The number of benzene rings is 1. The van der Waals surface area contributed by atoms with Crippen LogP contribution in [0.25, 0.3) is 0 Å². The Morgan fingerprint density at radius 3 is 2.54 bits per heavy atom. The van der Waals surface area contributed by atoms with E-state index in [9.17, 15) is 23.3 Å². The van der Waals surface area contributed by atoms with Gasteiger partial charge in [0.15, 0.2) is 11.9 Å². The lowest BCUT2D eigenvalue weighted by Crippen LogP contribution is -2.30. The monoisotopic (exact) mass is 358 g/mol. The van der Waals surface area contributed by atoms with Gasteiger partial charge in [-0.3, -0.25) is 10.1 Å². The van der Waals surface area contributed by atoms with E-state index in [1.165, 1.54) is 16.4 Å². The Balaban J connectivity index is 2.40. The van der Waals surface area contributed by atoms with E-state index >= 15 is 0 Å². The first-order valence-electron chi connectivity index (χ1n) is 7.43. The second-order valence-corrected chi connectivity index (χ2v) is 6.98. The van der Waals surface area contributed by atoms with Gasteiger partial charge in [-0.1, -0.05) is 13.8 Å². The van der Waals surface area contributed by atoms with Gasteiger partial charge in [-0.15, -0.1) is 0 Å². The summed E-state index contributed by atoms with van der Waals surface area (Å²) in [5.41, 5.74) is -0.511. The first kappa shape index (κ1) is 18.1. The Morgan fingerprint density at radius 2 is 2.04 bits per heavy atom. The predicted molar refractivity (Wildman–Crippen MR) is 83.2 cm³/mol. The summed E-state index contributed by atoms with van der Waals surface area (Å²) in [6, 6.07) is 3.37. The summed E-state index contributed by atoms with van der Waals surface area (Å²) in [6.45, 7) is 4.04. The van der Waals surface area contributed by atoms with Gasteiger partial charge in [-0.2, -0.15) is 4.31 Å². The molecule has 0 aliphatic carbocycles. The fourth-order valence-corrected chi connectivity index (χ4v) is 3.83. The number of hydrogen-bond donors (Lipinski definition) is 0. The first-order chi connectivity index (χ1) is 11.3. The Kier molecular flexibility index (Phi) is 5.40. The standard InChI is InChI=1S/C14H18N2O7S/c1-3-15(4-2)24(20,21)10-5-6-12(11(9-10)16(18)19)23-13-7-8-22-14(13)17/h5-6,9,13H,3-4,7-8H2,1-2H3. The fourth-order valence-electron chi connectivity index (χ4n) is 2.35. The van der Waals surface area contributed by atoms with Crippen LogP contribution in [-0.4, -0.2) is 49.4 Å². The van der Waals surface area contributed by atoms with Crippen molar-refractivity contribution < 1.29 is 27.6 Å². The van der Waals surface area contributed by atoms with Crippen molar-refractivity contribution in [3.8, 4) is 5.75 Å². The highest BCUT2D eigenvalue weighted by Gasteiger charge is 2.32. The molecule has 1 heterocycles. The van der Waals surface area contributed by atoms with Gasteiger partial charge in [0.05, 0.1) is 16.4 Å². The second-order valence-electron chi connectivity index (χ2n) is 5.04. The smallest absolute Gasteiger partial charge is 0.347 e. The van der Waals surface area contributed by atoms with Crippen molar-refractivity contribution in [2.45, 2.75) is 31.3 Å². The van der Waals surface area contributed by atoms with Gasteiger partial charge in [0, 0.05) is 25.6 Å². The van der Waals surface area contributed by atoms with Crippen LogP contribution in [0.3, 0.4) is 0 Å². The van der Waals surface area contributed by atoms with Crippen molar-refractivity contribution in [2.24, 2.45) is 0 Å². The number of esters is 1. The molecule has 0 bridgehead atoms. The van der Waals surface area contributed by atoms with Crippen LogP contribution in [0.4, 0.5) is 5.69 Å². The van der Waals surface area contributed by atoms with Gasteiger partial charge < -0.3 is 9.47 Å². The number of sulfonamides is 1. The van der Waals surface area contributed by atoms with E-state index in [0.717, 1.165) is 6.07 Å². The summed E-state index contributed by atoms with van der Waals surface area (Å²) >= 11 is 0. The molecular weight excluding hydrogens is 340 g/mol. The quantitative estimate of drug-likeness (QED) is 0.410. The highest BCUT2D eigenvalue weighted by molar-refractivity contribution is 7.89. The summed E-state index contributed by atoms with van der Waals surface area (Å²) in [6.07, 6.45) is -0.635. The van der Waals surface area contributed by atoms with Gasteiger partial charge in [0.1, 0.15) is 0 Å². The summed E-state index contributed by atoms with van der Waals surface area (Å²) in [4.78, 5) is 21.8. The lowest BCUT2D eigenvalue weighted by atomic mass is 10.2. The Labute approximate surface area is 139 Å². The number of rotatable bonds is 7. The number of hydrogen-bond acceptors (Lipinski definition) is 7. The first-order valence-corrected chi connectivity index (χ1v) is 8.87. The average molecular weight is 358 g/mol. The van der Waals surface area contributed by atoms with Gasteiger partial charge in [-0.05, 0) is 12.1 Å². The number of ether oxygens (including phenoxy) is 2. The molecule has 1 aliphatic rings. The zero-order valence-corrected chi connectivity index (χ0v) is 14.1. The third-order valence-corrected chi connectivity index (χ3v) is 5.67. The largest absolute Gasteiger partial charge is 0.471 e. The zero-order chi connectivity index (χ0) is 17.9. The molecule has 2 rings (SSSR count). The van der Waals surface area contributed by atoms with E-state index in [2.05, 4.69) is 0 Å². The summed E-state index contributed by atoms with van der Waals surface area (Å²) < 4.78 is 36.2. The molecule has 1 atom stereocenters. The van der Waals surface area contributed by atoms with E-state index in [1.807, 2.05) is 0 Å². The minimum absolute atomic E-state index is 0.164. The van der Waals surface area contributed by atoms with Crippen molar-refractivity contribution in [3.63, 3.8) is 0 Å². The molecule has 10 heteroatoms. The van der Waals surface area contributed by atoms with Crippen molar-refractivity contribution in [1.29, 1.82) is 0 Å². The van der Waals surface area contributed by atoms with E-state index in [-0.39, 0.29) is 36.8 Å². The molecule has 0 radical (unpaired) electrons. The Bertz CT molecular complexity index is 743. The van der Waals surface area contributed by atoms with Crippen LogP contribution in [0, 0.1) is 10.1 Å². The summed E-state index contributed by atoms with van der Waals surface area (Å²) in [7, 11) is -3.83. The zero-order valence-electron chi connectivity index (χ0n) is 13.3. The maximum absolute atomic E-state index is 12.5. The Hall–Kier alpha value is -2.20. The van der Waals surface area contributed by atoms with E-state index in [4.69, 9.17) is 9.47 Å². The minimum Gasteiger partial charge on any atom is -0.471 e. The number of cyclic esters (lactones) is 1. The van der Waals surface area contributed by atoms with Gasteiger partial charge in [0.2, 0.25) is 10.0 Å². The van der Waals surface area contributed by atoms with Crippen molar-refractivity contribution >= 4 is 21.7 Å². The van der Waals surface area contributed by atoms with Crippen LogP contribution < -0.4 is 4.74 Å². The van der Waals surface area contributed by atoms with Gasteiger partial charge in [-0.25, -0.2) is 13.2 Å². The topological polar surface area (TPSA) is 116 Å². The minimum atomic E-state index is -3.83. The molecule has 1 saturated heterocycles. The molecule has 0 N–H and O–H groups in total. The van der Waals surface area contributed by atoms with E-state index < -0.39 is 32.7 Å². The molecule has 1 unspecified atom stereocenters. The van der Waals surface area contributed by atoms with Crippen LogP contribution >= 0.6 is 0 Å². The van der Waals surface area contributed by atoms with Gasteiger partial charge >= 0.3 is 11.7 Å². The molecule has 0 saturated carbocycles. The molecule has 132 valence electrons. The summed E-state index contributed by atoms with van der Waals surface area (Å²) in [5, 5.41) is 11.3. The molecular formula is C14H18N2O7S.